The van der Waals surface area contributed by atoms with Crippen LogP contribution < -0.4 is 10.6 Å². The lowest BCUT2D eigenvalue weighted by Gasteiger charge is -2.05. The number of urea groups is 1. The zero-order chi connectivity index (χ0) is 13.8. The highest BCUT2D eigenvalue weighted by Gasteiger charge is 2.34. The maximum absolute atomic E-state index is 12.2. The van der Waals surface area contributed by atoms with Crippen molar-refractivity contribution in [1.29, 1.82) is 5.41 Å². The van der Waals surface area contributed by atoms with E-state index >= 15 is 0 Å². The van der Waals surface area contributed by atoms with E-state index in [-0.39, 0.29) is 17.5 Å². The Bertz CT molecular complexity index is 445. The Balaban J connectivity index is 2.47. The minimum Gasteiger partial charge on any atom is -0.455 e. The van der Waals surface area contributed by atoms with Gasteiger partial charge < -0.3 is 9.73 Å². The van der Waals surface area contributed by atoms with Crippen molar-refractivity contribution in [3.63, 3.8) is 0 Å². The summed E-state index contributed by atoms with van der Waals surface area (Å²) < 4.78 is 41.1. The number of alkyl halides is 3. The standard InChI is InChI=1S/C9H10F3N3O2S/c1-18-7(13)15-8(16)14-4-5-2-3-6(17-5)9(10,11)12/h2-3H,4H2,1H3,(H3,13,14,15,16). The predicted octanol–water partition coefficient (Wildman–Crippen LogP) is 2.40. The van der Waals surface area contributed by atoms with Gasteiger partial charge in [-0.2, -0.15) is 13.2 Å². The van der Waals surface area contributed by atoms with Gasteiger partial charge in [-0.25, -0.2) is 4.79 Å². The van der Waals surface area contributed by atoms with Crippen LogP contribution in [-0.4, -0.2) is 17.5 Å². The van der Waals surface area contributed by atoms with Crippen LogP contribution in [0.15, 0.2) is 16.5 Å². The molecule has 1 aromatic heterocycles. The smallest absolute Gasteiger partial charge is 0.449 e. The zero-order valence-corrected chi connectivity index (χ0v) is 10.0. The Morgan fingerprint density at radius 2 is 2.17 bits per heavy atom. The van der Waals surface area contributed by atoms with Crippen LogP contribution in [0, 0.1) is 5.41 Å². The van der Waals surface area contributed by atoms with Gasteiger partial charge in [0.15, 0.2) is 5.17 Å². The fourth-order valence-electron chi connectivity index (χ4n) is 0.991. The molecule has 0 saturated heterocycles. The number of hydrogen-bond donors (Lipinski definition) is 3. The lowest BCUT2D eigenvalue weighted by molar-refractivity contribution is -0.153. The molecule has 1 aromatic rings. The van der Waals surface area contributed by atoms with Gasteiger partial charge in [0.2, 0.25) is 5.76 Å². The molecule has 3 N–H and O–H groups in total. The highest BCUT2D eigenvalue weighted by molar-refractivity contribution is 8.13. The summed E-state index contributed by atoms with van der Waals surface area (Å²) in [5, 5.41) is 11.5. The van der Waals surface area contributed by atoms with Crippen molar-refractivity contribution in [2.24, 2.45) is 0 Å². The molecule has 0 aliphatic rings. The number of carbonyl (C=O) groups is 1. The summed E-state index contributed by atoms with van der Waals surface area (Å²) in [5.74, 6) is -1.13. The highest BCUT2D eigenvalue weighted by atomic mass is 32.2. The SMILES string of the molecule is CSC(=N)NC(=O)NCc1ccc(C(F)(F)F)o1. The molecule has 5 nitrogen and oxygen atoms in total. The van der Waals surface area contributed by atoms with Gasteiger partial charge in [-0.05, 0) is 18.4 Å². The Morgan fingerprint density at radius 1 is 1.50 bits per heavy atom. The van der Waals surface area contributed by atoms with Crippen molar-refractivity contribution in [2.45, 2.75) is 12.7 Å². The third kappa shape index (κ3) is 4.32. The van der Waals surface area contributed by atoms with Crippen molar-refractivity contribution in [3.05, 3.63) is 23.7 Å². The predicted molar refractivity (Wildman–Crippen MR) is 60.3 cm³/mol. The van der Waals surface area contributed by atoms with E-state index in [1.54, 1.807) is 6.26 Å². The summed E-state index contributed by atoms with van der Waals surface area (Å²) in [6.07, 6.45) is -2.94. The van der Waals surface area contributed by atoms with Crippen LogP contribution in [0.1, 0.15) is 11.5 Å². The number of halogens is 3. The number of hydrogen-bond acceptors (Lipinski definition) is 4. The van der Waals surface area contributed by atoms with Crippen molar-refractivity contribution >= 4 is 23.0 Å². The Hall–Kier alpha value is -1.64. The molecule has 1 heterocycles. The molecule has 0 radical (unpaired) electrons. The molecule has 0 fully saturated rings. The topological polar surface area (TPSA) is 78.1 Å². The number of thioether (sulfide) groups is 1. The molecular formula is C9H10F3N3O2S. The molecule has 0 unspecified atom stereocenters. The van der Waals surface area contributed by atoms with Crippen LogP contribution in [0.5, 0.6) is 0 Å². The van der Waals surface area contributed by atoms with E-state index in [1.165, 1.54) is 0 Å². The second kappa shape index (κ2) is 5.80. The van der Waals surface area contributed by atoms with E-state index in [0.29, 0.717) is 0 Å². The van der Waals surface area contributed by atoms with Crippen molar-refractivity contribution in [3.8, 4) is 0 Å². The van der Waals surface area contributed by atoms with E-state index in [0.717, 1.165) is 23.9 Å². The van der Waals surface area contributed by atoms with E-state index in [9.17, 15) is 18.0 Å². The lowest BCUT2D eigenvalue weighted by Crippen LogP contribution is -2.37. The van der Waals surface area contributed by atoms with Gasteiger partial charge in [-0.3, -0.25) is 10.7 Å². The summed E-state index contributed by atoms with van der Waals surface area (Å²) in [5.41, 5.74) is 0. The van der Waals surface area contributed by atoms with Gasteiger partial charge in [0, 0.05) is 0 Å². The molecule has 1 rings (SSSR count). The number of furan rings is 1. The Labute approximate surface area is 105 Å². The molecule has 100 valence electrons. The van der Waals surface area contributed by atoms with E-state index < -0.39 is 18.0 Å². The summed E-state index contributed by atoms with van der Waals surface area (Å²) >= 11 is 1.02. The summed E-state index contributed by atoms with van der Waals surface area (Å²) in [4.78, 5) is 11.1. The molecule has 0 atom stereocenters. The largest absolute Gasteiger partial charge is 0.455 e. The van der Waals surface area contributed by atoms with Gasteiger partial charge in [-0.1, -0.05) is 11.8 Å². The van der Waals surface area contributed by atoms with Gasteiger partial charge in [0.1, 0.15) is 5.76 Å². The van der Waals surface area contributed by atoms with Crippen molar-refractivity contribution in [2.75, 3.05) is 6.26 Å². The summed E-state index contributed by atoms with van der Waals surface area (Å²) in [6.45, 7) is -0.191. The minimum absolute atomic E-state index is 0.0202. The average Bonchev–Trinajstić information content (AvgIpc) is 2.74. The third-order valence-electron chi connectivity index (χ3n) is 1.80. The van der Waals surface area contributed by atoms with Gasteiger partial charge in [-0.15, -0.1) is 0 Å². The number of rotatable bonds is 2. The first-order valence-corrected chi connectivity index (χ1v) is 5.88. The lowest BCUT2D eigenvalue weighted by atomic mass is 10.4. The number of carbonyl (C=O) groups excluding carboxylic acids is 1. The van der Waals surface area contributed by atoms with Crippen LogP contribution in [0.2, 0.25) is 0 Å². The molecule has 9 heteroatoms. The van der Waals surface area contributed by atoms with E-state index in [2.05, 4.69) is 15.1 Å². The molecule has 0 aromatic carbocycles. The van der Waals surface area contributed by atoms with Crippen LogP contribution in [0.25, 0.3) is 0 Å². The number of amides is 2. The molecular weight excluding hydrogens is 271 g/mol. The summed E-state index contributed by atoms with van der Waals surface area (Å²) in [6, 6.07) is 1.24. The number of nitrogens with one attached hydrogen (secondary N) is 3. The van der Waals surface area contributed by atoms with Crippen LogP contribution in [0.3, 0.4) is 0 Å². The van der Waals surface area contributed by atoms with Crippen LogP contribution >= 0.6 is 11.8 Å². The molecule has 0 aliphatic carbocycles. The monoisotopic (exact) mass is 281 g/mol. The highest BCUT2D eigenvalue weighted by Crippen LogP contribution is 2.30. The average molecular weight is 281 g/mol. The minimum atomic E-state index is -4.54. The second-order valence-corrected chi connectivity index (χ2v) is 3.92. The number of amidine groups is 1. The zero-order valence-electron chi connectivity index (χ0n) is 9.22. The Morgan fingerprint density at radius 3 is 2.67 bits per heavy atom. The van der Waals surface area contributed by atoms with Crippen LogP contribution in [-0.2, 0) is 12.7 Å². The van der Waals surface area contributed by atoms with Crippen molar-refractivity contribution in [1.82, 2.24) is 10.6 Å². The quantitative estimate of drug-likeness (QED) is 0.575. The fourth-order valence-corrected chi connectivity index (χ4v) is 1.19. The first-order chi connectivity index (χ1) is 8.32. The maximum atomic E-state index is 12.2. The van der Waals surface area contributed by atoms with Crippen LogP contribution in [0.4, 0.5) is 18.0 Å². The second-order valence-electron chi connectivity index (χ2n) is 3.10. The Kier molecular flexibility index (Phi) is 4.65. The molecule has 0 bridgehead atoms. The third-order valence-corrected chi connectivity index (χ3v) is 2.31. The van der Waals surface area contributed by atoms with Gasteiger partial charge in [0.05, 0.1) is 6.54 Å². The normalized spacial score (nSPS) is 11.1. The van der Waals surface area contributed by atoms with E-state index in [4.69, 9.17) is 5.41 Å². The maximum Gasteiger partial charge on any atom is 0.449 e. The fraction of sp³-hybridized carbons (Fsp3) is 0.333. The summed E-state index contributed by atoms with van der Waals surface area (Å²) in [7, 11) is 0. The first kappa shape index (κ1) is 14.4. The van der Waals surface area contributed by atoms with E-state index in [1.807, 2.05) is 0 Å². The molecule has 0 spiro atoms. The van der Waals surface area contributed by atoms with Crippen molar-refractivity contribution < 1.29 is 22.4 Å². The van der Waals surface area contributed by atoms with Gasteiger partial charge >= 0.3 is 12.2 Å². The molecule has 2 amide bonds. The van der Waals surface area contributed by atoms with Gasteiger partial charge in [0.25, 0.3) is 0 Å². The first-order valence-electron chi connectivity index (χ1n) is 4.66. The molecule has 18 heavy (non-hydrogen) atoms. The molecule has 0 aliphatic heterocycles. The molecule has 0 saturated carbocycles.